The van der Waals surface area contributed by atoms with Gasteiger partial charge in [-0.1, -0.05) is 23.7 Å². The number of amides is 1. The molecule has 0 radical (unpaired) electrons. The smallest absolute Gasteiger partial charge is 0.243 e. The zero-order valence-electron chi connectivity index (χ0n) is 17.2. The fraction of sp³-hybridized carbons (Fsp3) is 0.381. The molecule has 0 bridgehead atoms. The van der Waals surface area contributed by atoms with Gasteiger partial charge in [-0.2, -0.15) is 0 Å². The molecule has 0 aliphatic heterocycles. The summed E-state index contributed by atoms with van der Waals surface area (Å²) in [6, 6.07) is 13.4. The van der Waals surface area contributed by atoms with E-state index in [1.54, 1.807) is 31.2 Å². The zero-order chi connectivity index (χ0) is 21.6. The molecule has 2 rings (SSSR count). The molecule has 0 aliphatic carbocycles. The predicted octanol–water partition coefficient (Wildman–Crippen LogP) is 3.66. The molecule has 0 heterocycles. The topological polar surface area (TPSA) is 69.7 Å². The van der Waals surface area contributed by atoms with E-state index >= 15 is 0 Å². The number of nitrogens with zero attached hydrogens (tertiary/aromatic N) is 2. The van der Waals surface area contributed by atoms with Crippen molar-refractivity contribution in [2.45, 2.75) is 33.4 Å². The number of carbonyl (C=O) groups excluding carboxylic acids is 1. The number of halogens is 1. The Morgan fingerprint density at radius 1 is 1.00 bits per heavy atom. The van der Waals surface area contributed by atoms with E-state index in [0.29, 0.717) is 17.3 Å². The molecule has 6 nitrogen and oxygen atoms in total. The predicted molar refractivity (Wildman–Crippen MR) is 120 cm³/mol. The van der Waals surface area contributed by atoms with Gasteiger partial charge in [0, 0.05) is 30.3 Å². The Morgan fingerprint density at radius 2 is 1.52 bits per heavy atom. The second-order valence-electron chi connectivity index (χ2n) is 6.77. The third kappa shape index (κ3) is 6.11. The highest BCUT2D eigenvalue weighted by Gasteiger charge is 2.28. The highest BCUT2D eigenvalue weighted by Crippen LogP contribution is 2.23. The summed E-state index contributed by atoms with van der Waals surface area (Å²) < 4.78 is 25.7. The lowest BCUT2D eigenvalue weighted by molar-refractivity contribution is -0.122. The number of nitrogens with one attached hydrogen (secondary N) is 1. The Hall–Kier alpha value is -2.25. The van der Waals surface area contributed by atoms with Crippen molar-refractivity contribution in [1.29, 1.82) is 0 Å². The van der Waals surface area contributed by atoms with Gasteiger partial charge in [-0.3, -0.25) is 9.10 Å². The lowest BCUT2D eigenvalue weighted by Crippen LogP contribution is -2.47. The van der Waals surface area contributed by atoms with Crippen molar-refractivity contribution >= 4 is 38.9 Å². The largest absolute Gasteiger partial charge is 0.372 e. The molecule has 2 aromatic carbocycles. The first-order valence-electron chi connectivity index (χ1n) is 9.54. The van der Waals surface area contributed by atoms with Crippen LogP contribution in [-0.2, 0) is 21.4 Å². The van der Waals surface area contributed by atoms with Gasteiger partial charge in [0.1, 0.15) is 6.04 Å². The Bertz CT molecular complexity index is 911. The van der Waals surface area contributed by atoms with Gasteiger partial charge >= 0.3 is 0 Å². The maximum Gasteiger partial charge on any atom is 0.243 e. The number of anilines is 2. The first-order chi connectivity index (χ1) is 13.7. The van der Waals surface area contributed by atoms with E-state index in [2.05, 4.69) is 24.1 Å². The molecular weight excluding hydrogens is 410 g/mol. The minimum absolute atomic E-state index is 0.319. The molecule has 29 heavy (non-hydrogen) atoms. The van der Waals surface area contributed by atoms with E-state index in [1.165, 1.54) is 0 Å². The van der Waals surface area contributed by atoms with Crippen LogP contribution in [-0.4, -0.2) is 39.7 Å². The van der Waals surface area contributed by atoms with E-state index in [1.807, 2.05) is 24.3 Å². The summed E-state index contributed by atoms with van der Waals surface area (Å²) in [5, 5.41) is 3.32. The number of benzene rings is 2. The second-order valence-corrected chi connectivity index (χ2v) is 9.06. The molecule has 1 atom stereocenters. The van der Waals surface area contributed by atoms with Gasteiger partial charge in [0.2, 0.25) is 15.9 Å². The van der Waals surface area contributed by atoms with E-state index in [-0.39, 0.29) is 5.91 Å². The van der Waals surface area contributed by atoms with E-state index in [9.17, 15) is 13.2 Å². The fourth-order valence-electron chi connectivity index (χ4n) is 3.15. The molecule has 0 saturated heterocycles. The molecule has 0 spiro atoms. The van der Waals surface area contributed by atoms with Gasteiger partial charge in [0.15, 0.2) is 0 Å². The molecule has 0 aromatic heterocycles. The lowest BCUT2D eigenvalue weighted by atomic mass is 10.2. The highest BCUT2D eigenvalue weighted by molar-refractivity contribution is 7.92. The zero-order valence-corrected chi connectivity index (χ0v) is 18.8. The third-order valence-electron chi connectivity index (χ3n) is 4.70. The first-order valence-corrected chi connectivity index (χ1v) is 11.8. The van der Waals surface area contributed by atoms with E-state index < -0.39 is 16.1 Å². The monoisotopic (exact) mass is 437 g/mol. The Balaban J connectivity index is 2.09. The molecule has 2 aromatic rings. The lowest BCUT2D eigenvalue weighted by Gasteiger charge is -2.28. The molecule has 0 fully saturated rings. The SMILES string of the molecule is CCN(CC)c1ccc(CNC(=O)C(C)N(c2ccc(Cl)cc2)S(C)(=O)=O)cc1. The summed E-state index contributed by atoms with van der Waals surface area (Å²) in [5.41, 5.74) is 2.46. The first kappa shape index (κ1) is 23.0. The summed E-state index contributed by atoms with van der Waals surface area (Å²) in [4.78, 5) is 14.9. The van der Waals surface area contributed by atoms with Crippen LogP contribution >= 0.6 is 11.6 Å². The molecule has 1 N–H and O–H groups in total. The molecule has 0 aliphatic rings. The number of hydrogen-bond acceptors (Lipinski definition) is 4. The summed E-state index contributed by atoms with van der Waals surface area (Å²) in [6.45, 7) is 7.95. The summed E-state index contributed by atoms with van der Waals surface area (Å²) in [5.74, 6) is -0.377. The second kappa shape index (κ2) is 9.98. The molecule has 0 saturated carbocycles. The van der Waals surface area contributed by atoms with E-state index in [4.69, 9.17) is 11.6 Å². The number of rotatable bonds is 9. The average molecular weight is 438 g/mol. The molecule has 1 amide bonds. The van der Waals surface area contributed by atoms with Gasteiger partial charge in [-0.05, 0) is 62.7 Å². The van der Waals surface area contributed by atoms with Gasteiger partial charge in [-0.15, -0.1) is 0 Å². The summed E-state index contributed by atoms with van der Waals surface area (Å²) >= 11 is 5.89. The maximum absolute atomic E-state index is 12.7. The molecule has 8 heteroatoms. The standard InChI is InChI=1S/C21H28ClN3O3S/c1-5-24(6-2)19-11-7-17(8-12-19)15-23-21(26)16(3)25(29(4,27)28)20-13-9-18(22)10-14-20/h7-14,16H,5-6,15H2,1-4H3,(H,23,26). The maximum atomic E-state index is 12.7. The van der Waals surface area contributed by atoms with Crippen LogP contribution in [0.5, 0.6) is 0 Å². The Morgan fingerprint density at radius 3 is 2.00 bits per heavy atom. The summed E-state index contributed by atoms with van der Waals surface area (Å²) in [6.07, 6.45) is 1.08. The number of hydrogen-bond donors (Lipinski definition) is 1. The van der Waals surface area contributed by atoms with Crippen LogP contribution in [0, 0.1) is 0 Å². The van der Waals surface area contributed by atoms with Crippen LogP contribution < -0.4 is 14.5 Å². The van der Waals surface area contributed by atoms with Crippen LogP contribution in [0.3, 0.4) is 0 Å². The quantitative estimate of drug-likeness (QED) is 0.650. The summed E-state index contributed by atoms with van der Waals surface area (Å²) in [7, 11) is -3.66. The minimum Gasteiger partial charge on any atom is -0.372 e. The minimum atomic E-state index is -3.66. The molecule has 1 unspecified atom stereocenters. The van der Waals surface area contributed by atoms with Gasteiger partial charge in [0.25, 0.3) is 0 Å². The normalized spacial score (nSPS) is 12.3. The number of sulfonamides is 1. The van der Waals surface area contributed by atoms with Gasteiger partial charge in [0.05, 0.1) is 11.9 Å². The third-order valence-corrected chi connectivity index (χ3v) is 6.19. The highest BCUT2D eigenvalue weighted by atomic mass is 35.5. The van der Waals surface area contributed by atoms with Crippen molar-refractivity contribution < 1.29 is 13.2 Å². The van der Waals surface area contributed by atoms with Crippen molar-refractivity contribution in [1.82, 2.24) is 5.32 Å². The van der Waals surface area contributed by atoms with Crippen molar-refractivity contribution in [2.24, 2.45) is 0 Å². The van der Waals surface area contributed by atoms with Crippen molar-refractivity contribution in [3.8, 4) is 0 Å². The Labute approximate surface area is 178 Å². The number of carbonyl (C=O) groups is 1. The Kier molecular flexibility index (Phi) is 7.93. The van der Waals surface area contributed by atoms with Crippen molar-refractivity contribution in [3.63, 3.8) is 0 Å². The van der Waals surface area contributed by atoms with Crippen molar-refractivity contribution in [3.05, 3.63) is 59.1 Å². The van der Waals surface area contributed by atoms with Crippen LogP contribution in [0.2, 0.25) is 5.02 Å². The fourth-order valence-corrected chi connectivity index (χ4v) is 4.45. The van der Waals surface area contributed by atoms with E-state index in [0.717, 1.165) is 34.9 Å². The van der Waals surface area contributed by atoms with Crippen LogP contribution in [0.1, 0.15) is 26.3 Å². The molecule has 158 valence electrons. The van der Waals surface area contributed by atoms with Gasteiger partial charge < -0.3 is 10.2 Å². The molecular formula is C21H28ClN3O3S. The van der Waals surface area contributed by atoms with Crippen LogP contribution in [0.25, 0.3) is 0 Å². The van der Waals surface area contributed by atoms with Gasteiger partial charge in [-0.25, -0.2) is 8.42 Å². The van der Waals surface area contributed by atoms with Crippen LogP contribution in [0.4, 0.5) is 11.4 Å². The van der Waals surface area contributed by atoms with Crippen molar-refractivity contribution in [2.75, 3.05) is 28.6 Å². The van der Waals surface area contributed by atoms with Crippen LogP contribution in [0.15, 0.2) is 48.5 Å². The average Bonchev–Trinajstić information content (AvgIpc) is 2.68.